The van der Waals surface area contributed by atoms with E-state index < -0.39 is 74.3 Å². The van der Waals surface area contributed by atoms with E-state index in [-0.39, 0.29) is 19.4 Å². The molecule has 2 heterocycles. The third-order valence-corrected chi connectivity index (χ3v) is 11.4. The van der Waals surface area contributed by atoms with E-state index in [1.165, 1.54) is 22.9 Å². The maximum absolute atomic E-state index is 14.5. The zero-order valence-corrected chi connectivity index (χ0v) is 31.0. The molecule has 278 valence electrons. The Morgan fingerprint density at radius 3 is 2.53 bits per heavy atom. The Morgan fingerprint density at radius 2 is 1.92 bits per heavy atom. The van der Waals surface area contributed by atoms with Crippen LogP contribution in [0.4, 0.5) is 4.79 Å². The number of methoxy groups -OCH3 is 1. The molecule has 5 atom stereocenters. The predicted octanol–water partition coefficient (Wildman–Crippen LogP) is 3.69. The van der Waals surface area contributed by atoms with Crippen LogP contribution in [0, 0.1) is 5.92 Å². The van der Waals surface area contributed by atoms with E-state index in [9.17, 15) is 27.6 Å². The van der Waals surface area contributed by atoms with E-state index >= 15 is 0 Å². The summed E-state index contributed by atoms with van der Waals surface area (Å²) < 4.78 is 44.8. The number of hydrogen-bond acceptors (Lipinski definition) is 10. The first-order valence-corrected chi connectivity index (χ1v) is 18.9. The van der Waals surface area contributed by atoms with Crippen molar-refractivity contribution in [1.29, 1.82) is 0 Å². The minimum absolute atomic E-state index is 0.0178. The predicted molar refractivity (Wildman–Crippen MR) is 189 cm³/mol. The number of likely N-dealkylation sites (tertiary alicyclic amines) is 1. The second-order valence-corrected chi connectivity index (χ2v) is 16.6. The summed E-state index contributed by atoms with van der Waals surface area (Å²) in [6.07, 6.45) is 4.53. The molecule has 3 fully saturated rings. The molecular weight excluding hydrogens is 678 g/mol. The Bertz CT molecular complexity index is 1790. The quantitative estimate of drug-likeness (QED) is 0.273. The number of hydrogen-bond donors (Lipinski definition) is 2. The van der Waals surface area contributed by atoms with Gasteiger partial charge >= 0.3 is 6.09 Å². The number of pyridine rings is 1. The van der Waals surface area contributed by atoms with Crippen LogP contribution in [0.1, 0.15) is 72.6 Å². The Hall–Kier alpha value is -4.40. The van der Waals surface area contributed by atoms with Gasteiger partial charge in [0.2, 0.25) is 27.7 Å². The standard InChI is InChI=1S/C36H49N5O9S/c1-8-10-11-28(40(6)34(45)50-35(3,4)5)32(43)41-21-25(49-31-27-15-12-24(48-7)18-22(27)16-17-37-31)19-29(41)30(42)38-36(20-23(36)9-2)33(44)39-51(46,47)26-13-14-26/h9,12,15-18,23,25-26,28-29H,2,8,10-11,13-14,19-21H2,1,3-7H3,(H,38,42)(H,39,44)/t23?,25-,28+,29+,36-/m1/s1. The fraction of sp³-hybridized carbons (Fsp3) is 0.583. The lowest BCUT2D eigenvalue weighted by Crippen LogP contribution is -2.58. The average molecular weight is 728 g/mol. The number of rotatable bonds is 14. The molecule has 1 aromatic carbocycles. The molecule has 2 aromatic rings. The summed E-state index contributed by atoms with van der Waals surface area (Å²) in [7, 11) is -0.821. The van der Waals surface area contributed by atoms with Crippen molar-refractivity contribution in [3.05, 3.63) is 43.1 Å². The van der Waals surface area contributed by atoms with E-state index in [2.05, 4.69) is 21.6 Å². The molecule has 2 aliphatic carbocycles. The third-order valence-electron chi connectivity index (χ3n) is 9.58. The fourth-order valence-corrected chi connectivity index (χ4v) is 7.80. The van der Waals surface area contributed by atoms with Gasteiger partial charge in [-0.15, -0.1) is 6.58 Å². The molecule has 51 heavy (non-hydrogen) atoms. The van der Waals surface area contributed by atoms with Crippen LogP contribution >= 0.6 is 0 Å². The zero-order chi connectivity index (χ0) is 37.3. The first-order valence-electron chi connectivity index (χ1n) is 17.4. The van der Waals surface area contributed by atoms with Gasteiger partial charge in [0.15, 0.2) is 0 Å². The van der Waals surface area contributed by atoms with Gasteiger partial charge in [-0.1, -0.05) is 25.8 Å². The van der Waals surface area contributed by atoms with Gasteiger partial charge in [0.05, 0.1) is 18.9 Å². The first-order chi connectivity index (χ1) is 24.0. The molecule has 14 nitrogen and oxygen atoms in total. The monoisotopic (exact) mass is 727 g/mol. The van der Waals surface area contributed by atoms with Gasteiger partial charge < -0.3 is 24.4 Å². The number of carbonyl (C=O) groups is 4. The molecule has 1 aromatic heterocycles. The lowest BCUT2D eigenvalue weighted by molar-refractivity contribution is -0.143. The van der Waals surface area contributed by atoms with E-state index in [4.69, 9.17) is 14.2 Å². The van der Waals surface area contributed by atoms with Crippen LogP contribution in [0.15, 0.2) is 43.1 Å². The largest absolute Gasteiger partial charge is 0.497 e. The molecule has 0 radical (unpaired) electrons. The van der Waals surface area contributed by atoms with Crippen molar-refractivity contribution in [2.45, 2.75) is 107 Å². The summed E-state index contributed by atoms with van der Waals surface area (Å²) in [5.74, 6) is -1.52. The lowest BCUT2D eigenvalue weighted by atomic mass is 10.1. The maximum Gasteiger partial charge on any atom is 0.410 e. The fourth-order valence-electron chi connectivity index (χ4n) is 6.43. The number of carbonyl (C=O) groups excluding carboxylic acids is 4. The van der Waals surface area contributed by atoms with Crippen LogP contribution in [0.25, 0.3) is 10.8 Å². The van der Waals surface area contributed by atoms with Crippen molar-refractivity contribution in [1.82, 2.24) is 24.8 Å². The minimum atomic E-state index is -3.89. The highest BCUT2D eigenvalue weighted by molar-refractivity contribution is 7.91. The van der Waals surface area contributed by atoms with Gasteiger partial charge in [0.1, 0.15) is 35.1 Å². The van der Waals surface area contributed by atoms with Crippen LogP contribution < -0.4 is 19.5 Å². The summed E-state index contributed by atoms with van der Waals surface area (Å²) >= 11 is 0. The Balaban J connectivity index is 1.45. The number of nitrogens with one attached hydrogen (secondary N) is 2. The zero-order valence-electron chi connectivity index (χ0n) is 30.1. The first kappa shape index (κ1) is 37.8. The number of nitrogens with zero attached hydrogens (tertiary/aromatic N) is 3. The average Bonchev–Trinajstić information content (AvgIpc) is 4.00. The maximum atomic E-state index is 14.5. The molecular formula is C36H49N5O9S. The van der Waals surface area contributed by atoms with E-state index in [1.54, 1.807) is 40.1 Å². The Labute approximate surface area is 299 Å². The summed E-state index contributed by atoms with van der Waals surface area (Å²) in [6, 6.07) is 5.17. The molecule has 15 heteroatoms. The number of likely N-dealkylation sites (N-methyl/N-ethyl adjacent to an activating group) is 1. The number of aromatic nitrogens is 1. The molecule has 1 aliphatic heterocycles. The van der Waals surface area contributed by atoms with Crippen molar-refractivity contribution < 1.29 is 41.8 Å². The molecule has 5 rings (SSSR count). The van der Waals surface area contributed by atoms with Crippen LogP contribution in [0.3, 0.4) is 0 Å². The summed E-state index contributed by atoms with van der Waals surface area (Å²) in [6.45, 7) is 10.9. The molecule has 2 N–H and O–H groups in total. The van der Waals surface area contributed by atoms with Gasteiger partial charge in [-0.05, 0) is 76.1 Å². The molecule has 3 aliphatic rings. The van der Waals surface area contributed by atoms with Gasteiger partial charge in [-0.25, -0.2) is 18.2 Å². The van der Waals surface area contributed by atoms with Gasteiger partial charge in [0, 0.05) is 31.0 Å². The summed E-state index contributed by atoms with van der Waals surface area (Å²) in [5, 5.41) is 3.68. The Morgan fingerprint density at radius 1 is 1.20 bits per heavy atom. The van der Waals surface area contributed by atoms with E-state index in [1.807, 2.05) is 25.1 Å². The molecule has 1 saturated heterocycles. The third kappa shape index (κ3) is 8.40. The minimum Gasteiger partial charge on any atom is -0.497 e. The molecule has 4 amide bonds. The van der Waals surface area contributed by atoms with Crippen LogP contribution in [-0.2, 0) is 29.1 Å². The highest BCUT2D eigenvalue weighted by Crippen LogP contribution is 2.45. The van der Waals surface area contributed by atoms with Crippen LogP contribution in [0.5, 0.6) is 11.6 Å². The number of sulfonamides is 1. The van der Waals surface area contributed by atoms with Crippen molar-refractivity contribution in [2.75, 3.05) is 20.7 Å². The lowest BCUT2D eigenvalue weighted by Gasteiger charge is -2.34. The number of unbranched alkanes of at least 4 members (excludes halogenated alkanes) is 1. The van der Waals surface area contributed by atoms with Gasteiger partial charge in [0.25, 0.3) is 5.91 Å². The highest BCUT2D eigenvalue weighted by Gasteiger charge is 2.62. The smallest absolute Gasteiger partial charge is 0.410 e. The van der Waals surface area contributed by atoms with Crippen LogP contribution in [0.2, 0.25) is 0 Å². The van der Waals surface area contributed by atoms with Crippen molar-refractivity contribution >= 4 is 44.6 Å². The number of benzene rings is 1. The summed E-state index contributed by atoms with van der Waals surface area (Å²) in [4.78, 5) is 62.5. The topological polar surface area (TPSA) is 174 Å². The summed E-state index contributed by atoms with van der Waals surface area (Å²) in [5.41, 5.74) is -2.35. The van der Waals surface area contributed by atoms with Crippen LogP contribution in [-0.4, -0.2) is 102 Å². The molecule has 1 unspecified atom stereocenters. The number of ether oxygens (including phenoxy) is 3. The highest BCUT2D eigenvalue weighted by atomic mass is 32.2. The number of fused-ring (bicyclic) bond motifs is 1. The van der Waals surface area contributed by atoms with Gasteiger partial charge in [-0.3, -0.25) is 24.0 Å². The molecule has 0 spiro atoms. The van der Waals surface area contributed by atoms with E-state index in [0.29, 0.717) is 42.7 Å². The molecule has 2 saturated carbocycles. The van der Waals surface area contributed by atoms with Crippen molar-refractivity contribution in [3.8, 4) is 11.6 Å². The SMILES string of the molecule is C=CC1C[C@]1(NC(=O)[C@@H]1C[C@@H](Oc2nccc3cc(OC)ccc23)CN1C(=O)[C@H](CCCC)N(C)C(=O)OC(C)(C)C)C(=O)NS(=O)(=O)C1CC1. The van der Waals surface area contributed by atoms with Crippen molar-refractivity contribution in [2.24, 2.45) is 5.92 Å². The normalized spacial score (nSPS) is 23.6. The number of amides is 4. The second kappa shape index (κ2) is 14.7. The second-order valence-electron chi connectivity index (χ2n) is 14.6. The molecule has 0 bridgehead atoms. The van der Waals surface area contributed by atoms with E-state index in [0.717, 1.165) is 11.8 Å². The Kier molecular flexibility index (Phi) is 10.9. The van der Waals surface area contributed by atoms with Crippen molar-refractivity contribution in [3.63, 3.8) is 0 Å². The van der Waals surface area contributed by atoms with Gasteiger partial charge in [-0.2, -0.15) is 0 Å².